The minimum atomic E-state index is -0.965. The van der Waals surface area contributed by atoms with E-state index in [1.807, 2.05) is 17.5 Å². The molecule has 21 heavy (non-hydrogen) atoms. The van der Waals surface area contributed by atoms with Crippen LogP contribution in [0.4, 0.5) is 5.82 Å². The Kier molecular flexibility index (Phi) is 5.07. The molecule has 0 aliphatic carbocycles. The van der Waals surface area contributed by atoms with Crippen LogP contribution in [0.25, 0.3) is 0 Å². The standard InChI is InChI=1S/C13H16N4O3S/c1-16(9-13(19)20)8-12(18)15-11-4-5-14-17(11)7-10-3-2-6-21-10/h2-6H,7-9H2,1H3,(H,15,18)(H,19,20). The average molecular weight is 308 g/mol. The molecule has 2 rings (SSSR count). The van der Waals surface area contributed by atoms with Gasteiger partial charge in [0.05, 0.1) is 25.8 Å². The number of carboxylic acid groups (broad SMARTS) is 1. The van der Waals surface area contributed by atoms with Crippen molar-refractivity contribution in [3.63, 3.8) is 0 Å². The SMILES string of the molecule is CN(CC(=O)O)CC(=O)Nc1ccnn1Cc1cccs1. The number of aromatic nitrogens is 2. The van der Waals surface area contributed by atoms with Crippen LogP contribution in [0.3, 0.4) is 0 Å². The second-order valence-electron chi connectivity index (χ2n) is 4.57. The van der Waals surface area contributed by atoms with Gasteiger partial charge in [-0.2, -0.15) is 5.10 Å². The molecule has 2 N–H and O–H groups in total. The minimum absolute atomic E-state index is 0.0104. The Morgan fingerprint density at radius 2 is 2.24 bits per heavy atom. The first-order valence-electron chi connectivity index (χ1n) is 6.29. The summed E-state index contributed by atoms with van der Waals surface area (Å²) in [6.07, 6.45) is 1.62. The molecule has 0 aromatic carbocycles. The molecule has 112 valence electrons. The lowest BCUT2D eigenvalue weighted by molar-refractivity contribution is -0.138. The summed E-state index contributed by atoms with van der Waals surface area (Å²) in [6, 6.07) is 5.67. The molecule has 7 nitrogen and oxygen atoms in total. The highest BCUT2D eigenvalue weighted by molar-refractivity contribution is 7.09. The Bertz CT molecular complexity index is 609. The number of aliphatic carboxylic acids is 1. The molecule has 2 aromatic heterocycles. The summed E-state index contributed by atoms with van der Waals surface area (Å²) in [5.74, 6) is -0.642. The quantitative estimate of drug-likeness (QED) is 0.795. The summed E-state index contributed by atoms with van der Waals surface area (Å²) in [7, 11) is 1.58. The molecule has 0 aliphatic rings. The molecule has 8 heteroatoms. The van der Waals surface area contributed by atoms with E-state index in [9.17, 15) is 9.59 Å². The van der Waals surface area contributed by atoms with Gasteiger partial charge in [-0.15, -0.1) is 11.3 Å². The first kappa shape index (κ1) is 15.2. The van der Waals surface area contributed by atoms with E-state index in [1.165, 1.54) is 4.90 Å². The summed E-state index contributed by atoms with van der Waals surface area (Å²) in [5.41, 5.74) is 0. The van der Waals surface area contributed by atoms with Crippen molar-refractivity contribution >= 4 is 29.0 Å². The maximum Gasteiger partial charge on any atom is 0.317 e. The smallest absolute Gasteiger partial charge is 0.317 e. The van der Waals surface area contributed by atoms with Gasteiger partial charge >= 0.3 is 5.97 Å². The third kappa shape index (κ3) is 4.69. The monoisotopic (exact) mass is 308 g/mol. The van der Waals surface area contributed by atoms with Gasteiger partial charge in [0, 0.05) is 10.9 Å². The van der Waals surface area contributed by atoms with Gasteiger partial charge in [-0.1, -0.05) is 6.07 Å². The largest absolute Gasteiger partial charge is 0.480 e. The van der Waals surface area contributed by atoms with Crippen molar-refractivity contribution in [1.29, 1.82) is 0 Å². The number of carbonyl (C=O) groups is 2. The van der Waals surface area contributed by atoms with Crippen LogP contribution in [0.15, 0.2) is 29.8 Å². The number of amides is 1. The van der Waals surface area contributed by atoms with Gasteiger partial charge in [0.15, 0.2) is 0 Å². The van der Waals surface area contributed by atoms with Gasteiger partial charge in [0.2, 0.25) is 5.91 Å². The third-order valence-electron chi connectivity index (χ3n) is 2.69. The number of likely N-dealkylation sites (N-methyl/N-ethyl adjacent to an activating group) is 1. The molecule has 1 amide bonds. The van der Waals surface area contributed by atoms with Crippen LogP contribution in [0.2, 0.25) is 0 Å². The van der Waals surface area contributed by atoms with E-state index in [-0.39, 0.29) is 19.0 Å². The highest BCUT2D eigenvalue weighted by atomic mass is 32.1. The van der Waals surface area contributed by atoms with Gasteiger partial charge in [-0.05, 0) is 18.5 Å². The lowest BCUT2D eigenvalue weighted by Crippen LogP contribution is -2.34. The van der Waals surface area contributed by atoms with Crippen molar-refractivity contribution < 1.29 is 14.7 Å². The van der Waals surface area contributed by atoms with Crippen molar-refractivity contribution in [1.82, 2.24) is 14.7 Å². The zero-order chi connectivity index (χ0) is 15.2. The van der Waals surface area contributed by atoms with Crippen molar-refractivity contribution in [3.05, 3.63) is 34.7 Å². The van der Waals surface area contributed by atoms with Crippen LogP contribution in [-0.2, 0) is 16.1 Å². The number of carboxylic acids is 1. The van der Waals surface area contributed by atoms with Gasteiger partial charge in [-0.25, -0.2) is 4.68 Å². The summed E-state index contributed by atoms with van der Waals surface area (Å²) in [5, 5.41) is 17.6. The Labute approximate surface area is 125 Å². The fourth-order valence-corrected chi connectivity index (χ4v) is 2.52. The Balaban J connectivity index is 1.92. The summed E-state index contributed by atoms with van der Waals surface area (Å²) in [6.45, 7) is 0.420. The highest BCUT2D eigenvalue weighted by Gasteiger charge is 2.12. The predicted octanol–water partition coefficient (Wildman–Crippen LogP) is 0.948. The molecule has 0 atom stereocenters. The van der Waals surface area contributed by atoms with Crippen LogP contribution in [0.1, 0.15) is 4.88 Å². The van der Waals surface area contributed by atoms with Crippen LogP contribution in [0, 0.1) is 0 Å². The predicted molar refractivity (Wildman–Crippen MR) is 79.4 cm³/mol. The molecule has 0 aliphatic heterocycles. The van der Waals surface area contributed by atoms with Crippen molar-refractivity contribution in [2.24, 2.45) is 0 Å². The topological polar surface area (TPSA) is 87.5 Å². The second kappa shape index (κ2) is 7.00. The van der Waals surface area contributed by atoms with E-state index in [1.54, 1.807) is 35.3 Å². The molecule has 0 fully saturated rings. The molecular formula is C13H16N4O3S. The first-order chi connectivity index (χ1) is 10.0. The van der Waals surface area contributed by atoms with Crippen LogP contribution >= 0.6 is 11.3 Å². The summed E-state index contributed by atoms with van der Waals surface area (Å²) >= 11 is 1.62. The maximum atomic E-state index is 11.9. The van der Waals surface area contributed by atoms with Crippen LogP contribution in [0.5, 0.6) is 0 Å². The van der Waals surface area contributed by atoms with E-state index in [0.29, 0.717) is 12.4 Å². The lowest BCUT2D eigenvalue weighted by atomic mass is 10.4. The fourth-order valence-electron chi connectivity index (χ4n) is 1.83. The van der Waals surface area contributed by atoms with Gasteiger partial charge < -0.3 is 10.4 Å². The number of rotatable bonds is 7. The summed E-state index contributed by atoms with van der Waals surface area (Å²) < 4.78 is 1.70. The van der Waals surface area contributed by atoms with Crippen LogP contribution in [-0.4, -0.2) is 51.8 Å². The van der Waals surface area contributed by atoms with E-state index >= 15 is 0 Å². The normalized spacial score (nSPS) is 10.8. The number of hydrogen-bond acceptors (Lipinski definition) is 5. The van der Waals surface area contributed by atoms with Crippen molar-refractivity contribution in [3.8, 4) is 0 Å². The molecule has 0 saturated heterocycles. The molecule has 0 saturated carbocycles. The molecule has 0 radical (unpaired) electrons. The van der Waals surface area contributed by atoms with Crippen LogP contribution < -0.4 is 5.32 Å². The molecular weight excluding hydrogens is 292 g/mol. The number of thiophene rings is 1. The number of nitrogens with zero attached hydrogens (tertiary/aromatic N) is 3. The highest BCUT2D eigenvalue weighted by Crippen LogP contribution is 2.14. The van der Waals surface area contributed by atoms with E-state index in [2.05, 4.69) is 10.4 Å². The fraction of sp³-hybridized carbons (Fsp3) is 0.308. The Morgan fingerprint density at radius 3 is 2.90 bits per heavy atom. The van der Waals surface area contributed by atoms with Gasteiger partial charge in [0.25, 0.3) is 0 Å². The van der Waals surface area contributed by atoms with Crippen molar-refractivity contribution in [2.75, 3.05) is 25.5 Å². The minimum Gasteiger partial charge on any atom is -0.480 e. The third-order valence-corrected chi connectivity index (χ3v) is 3.55. The van der Waals surface area contributed by atoms with Gasteiger partial charge in [0.1, 0.15) is 5.82 Å². The van der Waals surface area contributed by atoms with Gasteiger partial charge in [-0.3, -0.25) is 14.5 Å². The number of nitrogens with one attached hydrogen (secondary N) is 1. The Hall–Kier alpha value is -2.19. The number of hydrogen-bond donors (Lipinski definition) is 2. The summed E-state index contributed by atoms with van der Waals surface area (Å²) in [4.78, 5) is 25.0. The molecule has 2 heterocycles. The van der Waals surface area contributed by atoms with E-state index in [4.69, 9.17) is 5.11 Å². The van der Waals surface area contributed by atoms with E-state index < -0.39 is 5.97 Å². The number of anilines is 1. The zero-order valence-corrected chi connectivity index (χ0v) is 12.3. The average Bonchev–Trinajstić information content (AvgIpc) is 3.01. The zero-order valence-electron chi connectivity index (χ0n) is 11.5. The molecule has 0 unspecified atom stereocenters. The molecule has 2 aromatic rings. The number of carbonyl (C=O) groups excluding carboxylic acids is 1. The molecule has 0 bridgehead atoms. The Morgan fingerprint density at radius 1 is 1.43 bits per heavy atom. The van der Waals surface area contributed by atoms with Crippen molar-refractivity contribution in [2.45, 2.75) is 6.54 Å². The maximum absolute atomic E-state index is 11.9. The van der Waals surface area contributed by atoms with E-state index in [0.717, 1.165) is 4.88 Å². The first-order valence-corrected chi connectivity index (χ1v) is 7.17. The second-order valence-corrected chi connectivity index (χ2v) is 5.60. The molecule has 0 spiro atoms. The lowest BCUT2D eigenvalue weighted by Gasteiger charge is -2.14.